The van der Waals surface area contributed by atoms with Crippen LogP contribution in [0.5, 0.6) is 0 Å². The Balaban J connectivity index is 2.27. The van der Waals surface area contributed by atoms with Crippen molar-refractivity contribution in [1.29, 1.82) is 5.41 Å². The molecule has 0 amide bonds. The topological polar surface area (TPSA) is 66.0 Å². The van der Waals surface area contributed by atoms with Crippen molar-refractivity contribution >= 4 is 23.4 Å². The highest BCUT2D eigenvalue weighted by atomic mass is 32.2. The zero-order chi connectivity index (χ0) is 11.5. The monoisotopic (exact) mass is 236 g/mol. The maximum Gasteiger partial charge on any atom is 0.139 e. The average molecular weight is 236 g/mol. The molecule has 16 heavy (non-hydrogen) atoms. The van der Waals surface area contributed by atoms with Crippen LogP contribution in [0.1, 0.15) is 12.0 Å². The Kier molecular flexibility index (Phi) is 3.33. The highest BCUT2D eigenvalue weighted by Gasteiger charge is 2.23. The van der Waals surface area contributed by atoms with Gasteiger partial charge in [0.15, 0.2) is 0 Å². The fourth-order valence-corrected chi connectivity index (χ4v) is 3.16. The predicted molar refractivity (Wildman–Crippen MR) is 69.4 cm³/mol. The molecule has 0 bridgehead atoms. The quantitative estimate of drug-likeness (QED) is 0.613. The number of thioether (sulfide) groups is 1. The molecule has 1 unspecified atom stereocenters. The lowest BCUT2D eigenvalue weighted by Crippen LogP contribution is -2.33. The van der Waals surface area contributed by atoms with Crippen LogP contribution < -0.4 is 10.6 Å². The van der Waals surface area contributed by atoms with Crippen LogP contribution in [0.2, 0.25) is 0 Å². The zero-order valence-corrected chi connectivity index (χ0v) is 10.1. The van der Waals surface area contributed by atoms with Crippen LogP contribution in [-0.2, 0) is 0 Å². The molecule has 1 aromatic rings. The predicted octanol–water partition coefficient (Wildman–Crippen LogP) is 1.31. The van der Waals surface area contributed by atoms with Gasteiger partial charge in [-0.05, 0) is 24.3 Å². The molecule has 2 rings (SSSR count). The van der Waals surface area contributed by atoms with Gasteiger partial charge >= 0.3 is 0 Å². The zero-order valence-electron chi connectivity index (χ0n) is 9.31. The second-order valence-corrected chi connectivity index (χ2v) is 5.07. The van der Waals surface area contributed by atoms with E-state index in [0.29, 0.717) is 6.04 Å². The molecule has 1 aromatic heterocycles. The second kappa shape index (κ2) is 4.74. The number of hydrogen-bond donors (Lipinski definition) is 2. The highest BCUT2D eigenvalue weighted by Crippen LogP contribution is 2.26. The van der Waals surface area contributed by atoms with Crippen molar-refractivity contribution in [1.82, 2.24) is 4.98 Å². The van der Waals surface area contributed by atoms with Crippen LogP contribution >= 0.6 is 11.8 Å². The Morgan fingerprint density at radius 3 is 3.12 bits per heavy atom. The van der Waals surface area contributed by atoms with Crippen LogP contribution in [0.25, 0.3) is 0 Å². The van der Waals surface area contributed by atoms with Crippen molar-refractivity contribution in [2.45, 2.75) is 12.5 Å². The van der Waals surface area contributed by atoms with Crippen LogP contribution in [0.3, 0.4) is 0 Å². The molecule has 0 saturated carbocycles. The van der Waals surface area contributed by atoms with E-state index in [1.165, 1.54) is 12.2 Å². The minimum Gasteiger partial charge on any atom is -0.384 e. The summed E-state index contributed by atoms with van der Waals surface area (Å²) in [4.78, 5) is 6.49. The maximum absolute atomic E-state index is 7.55. The first-order valence-electron chi connectivity index (χ1n) is 5.30. The largest absolute Gasteiger partial charge is 0.384 e. The van der Waals surface area contributed by atoms with Crippen molar-refractivity contribution < 1.29 is 0 Å². The lowest BCUT2D eigenvalue weighted by atomic mass is 10.2. The fraction of sp³-hybridized carbons (Fsp3) is 0.455. The van der Waals surface area contributed by atoms with Gasteiger partial charge in [0.1, 0.15) is 11.7 Å². The average Bonchev–Trinajstić information content (AvgIpc) is 2.81. The van der Waals surface area contributed by atoms with Crippen molar-refractivity contribution in [3.05, 3.63) is 23.9 Å². The molecular weight excluding hydrogens is 220 g/mol. The summed E-state index contributed by atoms with van der Waals surface area (Å²) in [5, 5.41) is 7.55. The number of nitrogens with two attached hydrogens (primary N) is 1. The number of rotatable bonds is 3. The molecule has 0 aromatic carbocycles. The van der Waals surface area contributed by atoms with Crippen LogP contribution in [0.4, 0.5) is 5.82 Å². The van der Waals surface area contributed by atoms with Gasteiger partial charge < -0.3 is 10.6 Å². The van der Waals surface area contributed by atoms with E-state index in [1.807, 2.05) is 30.9 Å². The van der Waals surface area contributed by atoms with Crippen molar-refractivity contribution in [3.63, 3.8) is 0 Å². The Labute approximate surface area is 99.7 Å². The third-order valence-electron chi connectivity index (χ3n) is 2.86. The SMILES string of the molecule is CN(c1ncccc1C(=N)N)C1CCSC1. The molecule has 0 aliphatic carbocycles. The van der Waals surface area contributed by atoms with Gasteiger partial charge in [-0.2, -0.15) is 11.8 Å². The number of hydrogen-bond acceptors (Lipinski definition) is 4. The summed E-state index contributed by atoms with van der Waals surface area (Å²) >= 11 is 1.97. The van der Waals surface area contributed by atoms with E-state index in [4.69, 9.17) is 11.1 Å². The number of nitrogens with one attached hydrogen (secondary N) is 1. The first kappa shape index (κ1) is 11.3. The van der Waals surface area contributed by atoms with E-state index in [1.54, 1.807) is 6.20 Å². The molecule has 1 fully saturated rings. The maximum atomic E-state index is 7.55. The molecule has 1 saturated heterocycles. The first-order valence-corrected chi connectivity index (χ1v) is 6.45. The van der Waals surface area contributed by atoms with Crippen LogP contribution in [-0.4, -0.2) is 35.4 Å². The molecule has 1 aliphatic rings. The summed E-state index contributed by atoms with van der Waals surface area (Å²) in [6.45, 7) is 0. The fourth-order valence-electron chi connectivity index (χ4n) is 1.89. The van der Waals surface area contributed by atoms with E-state index >= 15 is 0 Å². The second-order valence-electron chi connectivity index (χ2n) is 3.92. The number of amidine groups is 1. The van der Waals surface area contributed by atoms with Gasteiger partial charge in [-0.3, -0.25) is 5.41 Å². The number of pyridine rings is 1. The van der Waals surface area contributed by atoms with E-state index in [0.717, 1.165) is 17.1 Å². The highest BCUT2D eigenvalue weighted by molar-refractivity contribution is 7.99. The molecule has 1 atom stereocenters. The number of nitrogens with zero attached hydrogens (tertiary/aromatic N) is 2. The molecule has 0 spiro atoms. The third-order valence-corrected chi connectivity index (χ3v) is 4.01. The van der Waals surface area contributed by atoms with Gasteiger partial charge in [0.2, 0.25) is 0 Å². The Morgan fingerprint density at radius 2 is 2.50 bits per heavy atom. The summed E-state index contributed by atoms with van der Waals surface area (Å²) in [6.07, 6.45) is 2.93. The van der Waals surface area contributed by atoms with Crippen molar-refractivity contribution in [2.24, 2.45) is 5.73 Å². The molecule has 1 aliphatic heterocycles. The molecule has 4 nitrogen and oxygen atoms in total. The van der Waals surface area contributed by atoms with E-state index in [9.17, 15) is 0 Å². The lowest BCUT2D eigenvalue weighted by molar-refractivity contribution is 0.691. The van der Waals surface area contributed by atoms with Gasteiger partial charge in [-0.25, -0.2) is 4.98 Å². The van der Waals surface area contributed by atoms with Gasteiger partial charge in [-0.15, -0.1) is 0 Å². The summed E-state index contributed by atoms with van der Waals surface area (Å²) in [5.74, 6) is 3.24. The summed E-state index contributed by atoms with van der Waals surface area (Å²) in [5.41, 5.74) is 6.29. The minimum atomic E-state index is 0.0839. The Morgan fingerprint density at radius 1 is 1.69 bits per heavy atom. The Bertz CT molecular complexity index is 387. The van der Waals surface area contributed by atoms with E-state index in [2.05, 4.69) is 9.88 Å². The summed E-state index contributed by atoms with van der Waals surface area (Å²) in [7, 11) is 2.03. The first-order chi connectivity index (χ1) is 7.70. The third kappa shape index (κ3) is 2.14. The lowest BCUT2D eigenvalue weighted by Gasteiger charge is -2.26. The number of aromatic nitrogens is 1. The normalized spacial score (nSPS) is 19.7. The molecule has 3 N–H and O–H groups in total. The molecule has 5 heteroatoms. The number of nitrogen functional groups attached to an aromatic ring is 1. The van der Waals surface area contributed by atoms with E-state index < -0.39 is 0 Å². The van der Waals surface area contributed by atoms with Crippen LogP contribution in [0, 0.1) is 5.41 Å². The molecule has 86 valence electrons. The minimum absolute atomic E-state index is 0.0839. The standard InChI is InChI=1S/C11H16N4S/c1-15(8-4-6-16-7-8)11-9(10(12)13)3-2-5-14-11/h2-3,5,8H,4,6-7H2,1H3,(H3,12,13). The smallest absolute Gasteiger partial charge is 0.139 e. The van der Waals surface area contributed by atoms with Crippen molar-refractivity contribution in [3.8, 4) is 0 Å². The van der Waals surface area contributed by atoms with Gasteiger partial charge in [0.25, 0.3) is 0 Å². The molecule has 2 heterocycles. The van der Waals surface area contributed by atoms with Gasteiger partial charge in [-0.1, -0.05) is 0 Å². The summed E-state index contributed by atoms with van der Waals surface area (Å²) < 4.78 is 0. The number of anilines is 1. The van der Waals surface area contributed by atoms with E-state index in [-0.39, 0.29) is 5.84 Å². The van der Waals surface area contributed by atoms with Crippen molar-refractivity contribution in [2.75, 3.05) is 23.5 Å². The van der Waals surface area contributed by atoms with Gasteiger partial charge in [0.05, 0.1) is 5.56 Å². The van der Waals surface area contributed by atoms with Gasteiger partial charge in [0, 0.05) is 25.0 Å². The Hall–Kier alpha value is -1.23. The van der Waals surface area contributed by atoms with Crippen LogP contribution in [0.15, 0.2) is 18.3 Å². The molecular formula is C11H16N4S. The summed E-state index contributed by atoms with van der Waals surface area (Å²) in [6, 6.07) is 4.18. The molecule has 0 radical (unpaired) electrons.